The number of fused-ring (bicyclic) bond motifs is 1. The minimum absolute atomic E-state index is 0.00259. The quantitative estimate of drug-likeness (QED) is 0.122. The molecule has 0 radical (unpaired) electrons. The van der Waals surface area contributed by atoms with E-state index in [1.54, 1.807) is 24.3 Å². The molecule has 0 atom stereocenters. The number of sulfonamides is 1. The first-order valence-corrected chi connectivity index (χ1v) is 20.7. The number of carbonyl (C=O) groups excluding carboxylic acids is 1. The molecule has 1 fully saturated rings. The van der Waals surface area contributed by atoms with Crippen molar-refractivity contribution in [1.29, 1.82) is 0 Å². The van der Waals surface area contributed by atoms with E-state index in [-0.39, 0.29) is 32.9 Å². The van der Waals surface area contributed by atoms with Crippen molar-refractivity contribution in [1.82, 2.24) is 14.6 Å². The van der Waals surface area contributed by atoms with Crippen molar-refractivity contribution in [2.75, 3.05) is 49.5 Å². The summed E-state index contributed by atoms with van der Waals surface area (Å²) >= 11 is 6.22. The molecule has 0 spiro atoms. The van der Waals surface area contributed by atoms with Gasteiger partial charge in [0.05, 0.1) is 10.5 Å². The predicted molar refractivity (Wildman–Crippen MR) is 220 cm³/mol. The molecule has 7 rings (SSSR count). The predicted octanol–water partition coefficient (Wildman–Crippen LogP) is 9.80. The molecule has 2 heterocycles. The normalized spacial score (nSPS) is 16.5. The van der Waals surface area contributed by atoms with Gasteiger partial charge in [0, 0.05) is 72.3 Å². The Labute approximate surface area is 335 Å². The zero-order valence-electron chi connectivity index (χ0n) is 32.0. The molecule has 1 amide bonds. The smallest absolute Gasteiger partial charge is 0.405 e. The lowest BCUT2D eigenvalue weighted by atomic mass is 9.72. The number of hydrogen-bond donors (Lipinski definition) is 3. The molecule has 9 nitrogen and oxygen atoms in total. The Hall–Kier alpha value is -4.98. The average molecular weight is 820 g/mol. The highest BCUT2D eigenvalue weighted by Crippen LogP contribution is 2.43. The van der Waals surface area contributed by atoms with Gasteiger partial charge in [0.25, 0.3) is 15.9 Å². The van der Waals surface area contributed by atoms with E-state index in [0.717, 1.165) is 79.7 Å². The Morgan fingerprint density at radius 3 is 2.42 bits per heavy atom. The van der Waals surface area contributed by atoms with E-state index in [9.17, 15) is 26.4 Å². The van der Waals surface area contributed by atoms with Gasteiger partial charge in [-0.2, -0.15) is 13.2 Å². The van der Waals surface area contributed by atoms with Crippen LogP contribution in [0.2, 0.25) is 5.02 Å². The Bertz CT molecular complexity index is 2420. The number of piperazine rings is 1. The SMILES string of the molecule is Cc1cc(S(=O)(=O)NC(=O)c2ccc(N3CCN(CC4=C(c5ccc(Cl)cc5)CC(C)(C)CC4)CC3)cc2Oc2ccc3[nH]ccc3c2)ccc1NCC(F)(F)F. The maximum Gasteiger partial charge on any atom is 0.405 e. The Morgan fingerprint density at radius 1 is 0.947 bits per heavy atom. The number of halogens is 4. The van der Waals surface area contributed by atoms with Crippen molar-refractivity contribution < 1.29 is 31.1 Å². The van der Waals surface area contributed by atoms with Gasteiger partial charge < -0.3 is 19.9 Å². The van der Waals surface area contributed by atoms with Crippen LogP contribution in [0.25, 0.3) is 16.5 Å². The first kappa shape index (κ1) is 40.2. The summed E-state index contributed by atoms with van der Waals surface area (Å²) in [6.07, 6.45) is 0.553. The summed E-state index contributed by atoms with van der Waals surface area (Å²) < 4.78 is 73.6. The van der Waals surface area contributed by atoms with Crippen LogP contribution in [0.15, 0.2) is 102 Å². The summed E-state index contributed by atoms with van der Waals surface area (Å²) in [6, 6.07) is 24.2. The Balaban J connectivity index is 1.10. The van der Waals surface area contributed by atoms with E-state index in [1.807, 2.05) is 36.5 Å². The van der Waals surface area contributed by atoms with Gasteiger partial charge in [-0.1, -0.05) is 43.2 Å². The van der Waals surface area contributed by atoms with Gasteiger partial charge in [0.15, 0.2) is 0 Å². The summed E-state index contributed by atoms with van der Waals surface area (Å²) in [5, 5.41) is 3.89. The van der Waals surface area contributed by atoms with Crippen LogP contribution in [-0.4, -0.2) is 69.7 Å². The second-order valence-corrected chi connectivity index (χ2v) is 17.7. The number of anilines is 2. The molecular weight excluding hydrogens is 775 g/mol. The number of hydrogen-bond acceptors (Lipinski definition) is 7. The Morgan fingerprint density at radius 2 is 1.70 bits per heavy atom. The number of ether oxygens (including phenoxy) is 1. The van der Waals surface area contributed by atoms with Crippen LogP contribution in [0, 0.1) is 12.3 Å². The van der Waals surface area contributed by atoms with Crippen LogP contribution in [0.5, 0.6) is 11.5 Å². The molecule has 57 heavy (non-hydrogen) atoms. The molecule has 1 aliphatic carbocycles. The molecule has 300 valence electrons. The average Bonchev–Trinajstić information content (AvgIpc) is 3.63. The van der Waals surface area contributed by atoms with Gasteiger partial charge in [-0.25, -0.2) is 13.1 Å². The zero-order valence-corrected chi connectivity index (χ0v) is 33.5. The number of nitrogens with zero attached hydrogens (tertiary/aromatic N) is 2. The molecule has 2 aliphatic rings. The van der Waals surface area contributed by atoms with E-state index in [1.165, 1.54) is 35.8 Å². The van der Waals surface area contributed by atoms with Crippen molar-refractivity contribution in [2.45, 2.75) is 51.1 Å². The van der Waals surface area contributed by atoms with Gasteiger partial charge >= 0.3 is 6.18 Å². The molecule has 4 aromatic carbocycles. The summed E-state index contributed by atoms with van der Waals surface area (Å²) in [6.45, 7) is 8.87. The lowest BCUT2D eigenvalue weighted by molar-refractivity contribution is -0.115. The molecular formula is C43H45ClF3N5O4S. The molecule has 0 saturated carbocycles. The molecule has 1 saturated heterocycles. The lowest BCUT2D eigenvalue weighted by Crippen LogP contribution is -2.47. The maximum atomic E-state index is 13.7. The van der Waals surface area contributed by atoms with Gasteiger partial charge in [0.2, 0.25) is 0 Å². The Kier molecular flexibility index (Phi) is 11.4. The highest BCUT2D eigenvalue weighted by Gasteiger charge is 2.30. The maximum absolute atomic E-state index is 13.7. The summed E-state index contributed by atoms with van der Waals surface area (Å²) in [7, 11) is -4.42. The van der Waals surface area contributed by atoms with Gasteiger partial charge in [0.1, 0.15) is 18.0 Å². The number of H-pyrrole nitrogens is 1. The van der Waals surface area contributed by atoms with E-state index in [2.05, 4.69) is 50.8 Å². The van der Waals surface area contributed by atoms with E-state index < -0.39 is 28.7 Å². The molecule has 14 heteroatoms. The number of amides is 1. The van der Waals surface area contributed by atoms with Crippen LogP contribution < -0.4 is 19.7 Å². The third kappa shape index (κ3) is 9.77. The minimum atomic E-state index is -4.45. The zero-order chi connectivity index (χ0) is 40.5. The molecule has 3 N–H and O–H groups in total. The topological polar surface area (TPSA) is 107 Å². The third-order valence-electron chi connectivity index (χ3n) is 10.7. The van der Waals surface area contributed by atoms with E-state index in [0.29, 0.717) is 5.75 Å². The van der Waals surface area contributed by atoms with Crippen LogP contribution in [0.3, 0.4) is 0 Å². The lowest BCUT2D eigenvalue weighted by Gasteiger charge is -2.39. The number of aryl methyl sites for hydroxylation is 1. The monoisotopic (exact) mass is 819 g/mol. The fourth-order valence-electron chi connectivity index (χ4n) is 7.53. The standard InChI is InChI=1S/C43H45ClF3N5O4S/c1-28-22-35(10-13-38(28)49-27-43(45,46)47)57(54,55)50-41(53)36-11-8-33(24-40(36)56-34-9-12-39-30(23-34)15-17-48-39)52-20-18-51(19-21-52)26-31-14-16-42(2,3)25-37(31)29-4-6-32(44)7-5-29/h4-13,15,17,22-24,48-49H,14,16,18-21,25-27H2,1-3H3,(H,50,53). The third-order valence-corrected chi connectivity index (χ3v) is 12.3. The molecule has 1 aliphatic heterocycles. The minimum Gasteiger partial charge on any atom is -0.456 e. The number of nitrogens with one attached hydrogen (secondary N) is 3. The summed E-state index contributed by atoms with van der Waals surface area (Å²) in [5.74, 6) is -0.289. The van der Waals surface area contributed by atoms with Crippen molar-refractivity contribution in [3.63, 3.8) is 0 Å². The second kappa shape index (κ2) is 16.1. The van der Waals surface area contributed by atoms with Crippen molar-refractivity contribution in [3.05, 3.63) is 118 Å². The number of alkyl halides is 3. The number of rotatable bonds is 11. The van der Waals surface area contributed by atoms with Crippen LogP contribution in [0.4, 0.5) is 24.5 Å². The number of aromatic amines is 1. The molecule has 0 bridgehead atoms. The second-order valence-electron chi connectivity index (χ2n) is 15.6. The van der Waals surface area contributed by atoms with E-state index in [4.69, 9.17) is 16.3 Å². The van der Waals surface area contributed by atoms with Gasteiger partial charge in [-0.15, -0.1) is 0 Å². The van der Waals surface area contributed by atoms with Crippen molar-refractivity contribution in [3.8, 4) is 11.5 Å². The fourth-order valence-corrected chi connectivity index (χ4v) is 8.71. The summed E-state index contributed by atoms with van der Waals surface area (Å²) in [5.41, 5.74) is 6.45. The number of carbonyl (C=O) groups is 1. The molecule has 0 unspecified atom stereocenters. The largest absolute Gasteiger partial charge is 0.456 e. The van der Waals surface area contributed by atoms with Crippen LogP contribution in [0.1, 0.15) is 54.6 Å². The van der Waals surface area contributed by atoms with Crippen LogP contribution in [-0.2, 0) is 10.0 Å². The number of benzene rings is 4. The highest BCUT2D eigenvalue weighted by molar-refractivity contribution is 7.90. The fraction of sp³-hybridized carbons (Fsp3) is 0.326. The number of allylic oxidation sites excluding steroid dienone is 1. The molecule has 1 aromatic heterocycles. The van der Waals surface area contributed by atoms with Gasteiger partial charge in [-0.3, -0.25) is 9.69 Å². The first-order chi connectivity index (χ1) is 27.0. The van der Waals surface area contributed by atoms with Crippen molar-refractivity contribution in [2.24, 2.45) is 5.41 Å². The van der Waals surface area contributed by atoms with Crippen molar-refractivity contribution >= 4 is 55.4 Å². The van der Waals surface area contributed by atoms with Gasteiger partial charge in [-0.05, 0) is 115 Å². The summed E-state index contributed by atoms with van der Waals surface area (Å²) in [4.78, 5) is 21.3. The van der Waals surface area contributed by atoms with Crippen LogP contribution >= 0.6 is 11.6 Å². The highest BCUT2D eigenvalue weighted by atomic mass is 35.5. The number of aromatic nitrogens is 1. The molecule has 5 aromatic rings. The van der Waals surface area contributed by atoms with E-state index >= 15 is 0 Å². The first-order valence-electron chi connectivity index (χ1n) is 18.8.